The standard InChI is InChI=1S/C19H20/c1-3-18(19-12-8-5-9-13-19)15-16(2)14-17-10-6-4-7-11-17/h4-15H,3H2,1-2H3. The minimum absolute atomic E-state index is 1.05. The van der Waals surface area contributed by atoms with Crippen molar-refractivity contribution in [2.75, 3.05) is 0 Å². The minimum Gasteiger partial charge on any atom is -0.0622 e. The lowest BCUT2D eigenvalue weighted by molar-refractivity contribution is 1.23. The molecular weight excluding hydrogens is 228 g/mol. The summed E-state index contributed by atoms with van der Waals surface area (Å²) >= 11 is 0. The number of hydrogen-bond acceptors (Lipinski definition) is 0. The molecule has 0 aromatic heterocycles. The van der Waals surface area contributed by atoms with Gasteiger partial charge in [0, 0.05) is 0 Å². The summed E-state index contributed by atoms with van der Waals surface area (Å²) in [7, 11) is 0. The van der Waals surface area contributed by atoms with Crippen molar-refractivity contribution in [1.29, 1.82) is 0 Å². The summed E-state index contributed by atoms with van der Waals surface area (Å²) < 4.78 is 0. The van der Waals surface area contributed by atoms with E-state index >= 15 is 0 Å². The molecule has 0 N–H and O–H groups in total. The van der Waals surface area contributed by atoms with Crippen LogP contribution in [0.3, 0.4) is 0 Å². The Kier molecular flexibility index (Phi) is 4.74. The first-order chi connectivity index (χ1) is 9.29. The predicted octanol–water partition coefficient (Wildman–Crippen LogP) is 5.58. The van der Waals surface area contributed by atoms with Gasteiger partial charge in [-0.05, 0) is 30.0 Å². The zero-order valence-corrected chi connectivity index (χ0v) is 11.6. The zero-order valence-electron chi connectivity index (χ0n) is 11.6. The second kappa shape index (κ2) is 6.75. The van der Waals surface area contributed by atoms with Gasteiger partial charge >= 0.3 is 0 Å². The molecule has 19 heavy (non-hydrogen) atoms. The van der Waals surface area contributed by atoms with Gasteiger partial charge in [0.25, 0.3) is 0 Å². The van der Waals surface area contributed by atoms with Gasteiger partial charge in [-0.25, -0.2) is 0 Å². The lowest BCUT2D eigenvalue weighted by Gasteiger charge is -2.05. The first-order valence-electron chi connectivity index (χ1n) is 6.79. The molecule has 0 spiro atoms. The third kappa shape index (κ3) is 3.96. The van der Waals surface area contributed by atoms with Crippen LogP contribution in [0.15, 0.2) is 72.3 Å². The molecule has 0 nitrogen and oxygen atoms in total. The molecule has 0 amide bonds. The van der Waals surface area contributed by atoms with E-state index in [1.54, 1.807) is 0 Å². The Morgan fingerprint density at radius 1 is 0.895 bits per heavy atom. The molecule has 0 heterocycles. The fourth-order valence-corrected chi connectivity index (χ4v) is 2.17. The lowest BCUT2D eigenvalue weighted by atomic mass is 10.0. The second-order valence-electron chi connectivity index (χ2n) is 4.69. The Morgan fingerprint density at radius 3 is 2.05 bits per heavy atom. The van der Waals surface area contributed by atoms with Gasteiger partial charge in [0.2, 0.25) is 0 Å². The summed E-state index contributed by atoms with van der Waals surface area (Å²) in [6.45, 7) is 4.36. The number of benzene rings is 2. The Labute approximate surface area is 116 Å². The highest BCUT2D eigenvalue weighted by Crippen LogP contribution is 2.20. The van der Waals surface area contributed by atoms with Crippen LogP contribution in [0.5, 0.6) is 0 Å². The van der Waals surface area contributed by atoms with Crippen LogP contribution in [-0.4, -0.2) is 0 Å². The maximum absolute atomic E-state index is 2.28. The summed E-state index contributed by atoms with van der Waals surface area (Å²) in [6.07, 6.45) is 5.55. The molecule has 0 aliphatic carbocycles. The summed E-state index contributed by atoms with van der Waals surface area (Å²) in [5.74, 6) is 0. The van der Waals surface area contributed by atoms with Gasteiger partial charge in [0.1, 0.15) is 0 Å². The molecule has 0 aliphatic heterocycles. The van der Waals surface area contributed by atoms with Crippen LogP contribution < -0.4 is 0 Å². The topological polar surface area (TPSA) is 0 Å². The molecule has 0 saturated heterocycles. The molecule has 2 aromatic rings. The molecule has 0 heteroatoms. The fraction of sp³-hybridized carbons (Fsp3) is 0.158. The number of rotatable bonds is 4. The third-order valence-corrected chi connectivity index (χ3v) is 3.12. The van der Waals surface area contributed by atoms with Gasteiger partial charge in [-0.15, -0.1) is 0 Å². The first kappa shape index (κ1) is 13.4. The minimum atomic E-state index is 1.05. The van der Waals surface area contributed by atoms with E-state index in [-0.39, 0.29) is 0 Å². The monoisotopic (exact) mass is 248 g/mol. The highest BCUT2D eigenvalue weighted by molar-refractivity contribution is 5.70. The highest BCUT2D eigenvalue weighted by atomic mass is 14.0. The van der Waals surface area contributed by atoms with E-state index in [0.29, 0.717) is 0 Å². The fourth-order valence-electron chi connectivity index (χ4n) is 2.17. The van der Waals surface area contributed by atoms with Crippen LogP contribution in [0, 0.1) is 0 Å². The molecule has 0 fully saturated rings. The van der Waals surface area contributed by atoms with Gasteiger partial charge < -0.3 is 0 Å². The predicted molar refractivity (Wildman–Crippen MR) is 84.8 cm³/mol. The average molecular weight is 248 g/mol. The summed E-state index contributed by atoms with van der Waals surface area (Å²) in [4.78, 5) is 0. The van der Waals surface area contributed by atoms with Crippen LogP contribution in [0.25, 0.3) is 11.6 Å². The maximum Gasteiger partial charge on any atom is -0.0225 e. The van der Waals surface area contributed by atoms with Crippen LogP contribution >= 0.6 is 0 Å². The van der Waals surface area contributed by atoms with Crippen LogP contribution in [0.1, 0.15) is 31.4 Å². The summed E-state index contributed by atoms with van der Waals surface area (Å²) in [5, 5.41) is 0. The van der Waals surface area contributed by atoms with Crippen molar-refractivity contribution >= 4 is 11.6 Å². The number of allylic oxidation sites excluding steroid dienone is 3. The van der Waals surface area contributed by atoms with Crippen molar-refractivity contribution in [3.8, 4) is 0 Å². The van der Waals surface area contributed by atoms with E-state index in [2.05, 4.69) is 80.6 Å². The van der Waals surface area contributed by atoms with Crippen LogP contribution in [0.2, 0.25) is 0 Å². The lowest BCUT2D eigenvalue weighted by Crippen LogP contribution is -1.83. The smallest absolute Gasteiger partial charge is 0.0225 e. The molecule has 0 saturated carbocycles. The van der Waals surface area contributed by atoms with Crippen molar-refractivity contribution in [2.24, 2.45) is 0 Å². The number of hydrogen-bond donors (Lipinski definition) is 0. The molecule has 0 radical (unpaired) electrons. The van der Waals surface area contributed by atoms with Crippen LogP contribution in [0.4, 0.5) is 0 Å². The first-order valence-corrected chi connectivity index (χ1v) is 6.79. The molecule has 2 aromatic carbocycles. The van der Waals surface area contributed by atoms with E-state index in [4.69, 9.17) is 0 Å². The van der Waals surface area contributed by atoms with Gasteiger partial charge in [0.15, 0.2) is 0 Å². The molecule has 96 valence electrons. The molecule has 0 aliphatic rings. The normalized spacial score (nSPS) is 12.5. The second-order valence-corrected chi connectivity index (χ2v) is 4.69. The largest absolute Gasteiger partial charge is 0.0622 e. The van der Waals surface area contributed by atoms with Crippen molar-refractivity contribution in [1.82, 2.24) is 0 Å². The molecular formula is C19H20. The molecule has 0 bridgehead atoms. The molecule has 2 rings (SSSR count). The quantitative estimate of drug-likeness (QED) is 0.619. The van der Waals surface area contributed by atoms with E-state index < -0.39 is 0 Å². The Balaban J connectivity index is 2.26. The SMILES string of the molecule is CCC(=CC(C)=Cc1ccccc1)c1ccccc1. The zero-order chi connectivity index (χ0) is 13.5. The van der Waals surface area contributed by atoms with Gasteiger partial charge in [-0.2, -0.15) is 0 Å². The Bertz CT molecular complexity index is 560. The van der Waals surface area contributed by atoms with E-state index in [9.17, 15) is 0 Å². The van der Waals surface area contributed by atoms with Crippen molar-refractivity contribution in [3.05, 3.63) is 83.4 Å². The molecule has 0 atom stereocenters. The van der Waals surface area contributed by atoms with E-state index in [1.807, 2.05) is 6.07 Å². The summed E-state index contributed by atoms with van der Waals surface area (Å²) in [5.41, 5.74) is 5.22. The van der Waals surface area contributed by atoms with Crippen molar-refractivity contribution < 1.29 is 0 Å². The average Bonchev–Trinajstić information content (AvgIpc) is 2.47. The van der Waals surface area contributed by atoms with E-state index in [1.165, 1.54) is 22.3 Å². The van der Waals surface area contributed by atoms with Crippen molar-refractivity contribution in [2.45, 2.75) is 20.3 Å². The van der Waals surface area contributed by atoms with Gasteiger partial charge in [0.05, 0.1) is 0 Å². The van der Waals surface area contributed by atoms with Crippen molar-refractivity contribution in [3.63, 3.8) is 0 Å². The van der Waals surface area contributed by atoms with Crippen LogP contribution in [-0.2, 0) is 0 Å². The molecule has 0 unspecified atom stereocenters. The van der Waals surface area contributed by atoms with Gasteiger partial charge in [-0.1, -0.05) is 85.3 Å². The van der Waals surface area contributed by atoms with E-state index in [0.717, 1.165) is 6.42 Å². The van der Waals surface area contributed by atoms with Gasteiger partial charge in [-0.3, -0.25) is 0 Å². The third-order valence-electron chi connectivity index (χ3n) is 3.12. The maximum atomic E-state index is 2.28. The Morgan fingerprint density at radius 2 is 1.47 bits per heavy atom. The Hall–Kier alpha value is -2.08. The highest BCUT2D eigenvalue weighted by Gasteiger charge is 1.98. The summed E-state index contributed by atoms with van der Waals surface area (Å²) in [6, 6.07) is 21.0.